The number of halogens is 2. The van der Waals surface area contributed by atoms with E-state index in [-0.39, 0.29) is 12.0 Å². The standard InChI is InChI=1S/C13H12F2O2/c1-8-9(5-6-17-8)13(16)7-10-11(14)3-2-4-12(10)15/h2-6,13,16H,7H2,1H3. The number of hydrogen-bond acceptors (Lipinski definition) is 2. The van der Waals surface area contributed by atoms with Crippen molar-refractivity contribution in [2.75, 3.05) is 0 Å². The highest BCUT2D eigenvalue weighted by Crippen LogP contribution is 2.24. The van der Waals surface area contributed by atoms with Crippen LogP contribution in [-0.2, 0) is 6.42 Å². The molecule has 1 aromatic carbocycles. The summed E-state index contributed by atoms with van der Waals surface area (Å²) in [6.45, 7) is 1.69. The van der Waals surface area contributed by atoms with Crippen LogP contribution in [0.25, 0.3) is 0 Å². The van der Waals surface area contributed by atoms with Gasteiger partial charge in [0.05, 0.1) is 12.4 Å². The Labute approximate surface area is 97.5 Å². The van der Waals surface area contributed by atoms with E-state index in [0.717, 1.165) is 0 Å². The number of aliphatic hydroxyl groups excluding tert-OH is 1. The molecule has 1 unspecified atom stereocenters. The first kappa shape index (κ1) is 11.8. The van der Waals surface area contributed by atoms with E-state index in [1.807, 2.05) is 0 Å². The molecule has 0 spiro atoms. The SMILES string of the molecule is Cc1occc1C(O)Cc1c(F)cccc1F. The summed E-state index contributed by atoms with van der Waals surface area (Å²) in [5.41, 5.74) is 0.438. The van der Waals surface area contributed by atoms with E-state index in [9.17, 15) is 13.9 Å². The number of benzene rings is 1. The molecular weight excluding hydrogens is 226 g/mol. The van der Waals surface area contributed by atoms with E-state index < -0.39 is 17.7 Å². The van der Waals surface area contributed by atoms with Crippen molar-refractivity contribution in [3.8, 4) is 0 Å². The van der Waals surface area contributed by atoms with Gasteiger partial charge in [-0.25, -0.2) is 8.78 Å². The zero-order valence-corrected chi connectivity index (χ0v) is 9.28. The fraction of sp³-hybridized carbons (Fsp3) is 0.231. The Morgan fingerprint density at radius 2 is 1.88 bits per heavy atom. The fourth-order valence-electron chi connectivity index (χ4n) is 1.77. The van der Waals surface area contributed by atoms with Gasteiger partial charge in [0.2, 0.25) is 0 Å². The van der Waals surface area contributed by atoms with Gasteiger partial charge < -0.3 is 9.52 Å². The van der Waals surface area contributed by atoms with E-state index in [2.05, 4.69) is 0 Å². The second kappa shape index (κ2) is 4.67. The highest BCUT2D eigenvalue weighted by Gasteiger charge is 2.17. The number of hydrogen-bond donors (Lipinski definition) is 1. The second-order valence-electron chi connectivity index (χ2n) is 3.85. The monoisotopic (exact) mass is 238 g/mol. The van der Waals surface area contributed by atoms with Crippen LogP contribution in [0.5, 0.6) is 0 Å². The van der Waals surface area contributed by atoms with Crippen LogP contribution >= 0.6 is 0 Å². The van der Waals surface area contributed by atoms with E-state index in [1.165, 1.54) is 24.5 Å². The molecule has 1 aromatic heterocycles. The molecule has 2 nitrogen and oxygen atoms in total. The smallest absolute Gasteiger partial charge is 0.129 e. The van der Waals surface area contributed by atoms with Crippen molar-refractivity contribution in [1.29, 1.82) is 0 Å². The largest absolute Gasteiger partial charge is 0.469 e. The van der Waals surface area contributed by atoms with Gasteiger partial charge in [-0.15, -0.1) is 0 Å². The topological polar surface area (TPSA) is 33.4 Å². The Balaban J connectivity index is 2.25. The molecule has 90 valence electrons. The van der Waals surface area contributed by atoms with Crippen LogP contribution in [0, 0.1) is 18.6 Å². The molecular formula is C13H12F2O2. The Kier molecular flexibility index (Phi) is 3.24. The molecule has 0 aliphatic rings. The quantitative estimate of drug-likeness (QED) is 0.891. The van der Waals surface area contributed by atoms with Crippen molar-refractivity contribution in [1.82, 2.24) is 0 Å². The van der Waals surface area contributed by atoms with Crippen molar-refractivity contribution in [2.45, 2.75) is 19.4 Å². The molecule has 2 rings (SSSR count). The maximum absolute atomic E-state index is 13.4. The highest BCUT2D eigenvalue weighted by atomic mass is 19.1. The summed E-state index contributed by atoms with van der Waals surface area (Å²) in [6.07, 6.45) is 0.352. The van der Waals surface area contributed by atoms with Gasteiger partial charge in [-0.3, -0.25) is 0 Å². The van der Waals surface area contributed by atoms with Crippen molar-refractivity contribution in [3.05, 3.63) is 59.1 Å². The first-order chi connectivity index (χ1) is 8.09. The minimum atomic E-state index is -0.972. The van der Waals surface area contributed by atoms with Gasteiger partial charge in [0.25, 0.3) is 0 Å². The van der Waals surface area contributed by atoms with Crippen molar-refractivity contribution in [2.24, 2.45) is 0 Å². The lowest BCUT2D eigenvalue weighted by Crippen LogP contribution is -2.06. The van der Waals surface area contributed by atoms with Gasteiger partial charge in [-0.1, -0.05) is 6.07 Å². The molecule has 0 saturated heterocycles. The number of aliphatic hydroxyl groups is 1. The molecule has 2 aromatic rings. The first-order valence-corrected chi connectivity index (χ1v) is 5.24. The number of furan rings is 1. The normalized spacial score (nSPS) is 12.7. The third-order valence-corrected chi connectivity index (χ3v) is 2.72. The van der Waals surface area contributed by atoms with Crippen LogP contribution in [-0.4, -0.2) is 5.11 Å². The van der Waals surface area contributed by atoms with E-state index in [1.54, 1.807) is 13.0 Å². The maximum atomic E-state index is 13.4. The Bertz CT molecular complexity index is 500. The molecule has 1 atom stereocenters. The maximum Gasteiger partial charge on any atom is 0.129 e. The van der Waals surface area contributed by atoms with Crippen molar-refractivity contribution in [3.63, 3.8) is 0 Å². The summed E-state index contributed by atoms with van der Waals surface area (Å²) >= 11 is 0. The minimum absolute atomic E-state index is 0.111. The highest BCUT2D eigenvalue weighted by molar-refractivity contribution is 5.25. The fourth-order valence-corrected chi connectivity index (χ4v) is 1.77. The molecule has 1 heterocycles. The van der Waals surface area contributed by atoms with Gasteiger partial charge in [0.1, 0.15) is 17.4 Å². The zero-order valence-electron chi connectivity index (χ0n) is 9.28. The second-order valence-corrected chi connectivity index (χ2v) is 3.85. The summed E-state index contributed by atoms with van der Waals surface area (Å²) in [6, 6.07) is 5.24. The zero-order chi connectivity index (χ0) is 12.4. The van der Waals surface area contributed by atoms with Gasteiger partial charge in [0, 0.05) is 17.5 Å². The average Bonchev–Trinajstić information content (AvgIpc) is 2.70. The minimum Gasteiger partial charge on any atom is -0.469 e. The molecule has 0 bridgehead atoms. The van der Waals surface area contributed by atoms with Gasteiger partial charge in [-0.2, -0.15) is 0 Å². The Hall–Kier alpha value is -1.68. The van der Waals surface area contributed by atoms with Gasteiger partial charge in [-0.05, 0) is 25.1 Å². The summed E-state index contributed by atoms with van der Waals surface area (Å²) in [4.78, 5) is 0. The van der Waals surface area contributed by atoms with Crippen molar-refractivity contribution >= 4 is 0 Å². The average molecular weight is 238 g/mol. The predicted molar refractivity (Wildman–Crippen MR) is 58.5 cm³/mol. The van der Waals surface area contributed by atoms with Crippen LogP contribution < -0.4 is 0 Å². The van der Waals surface area contributed by atoms with Gasteiger partial charge >= 0.3 is 0 Å². The molecule has 0 aliphatic heterocycles. The van der Waals surface area contributed by atoms with Crippen LogP contribution in [0.3, 0.4) is 0 Å². The summed E-state index contributed by atoms with van der Waals surface area (Å²) in [5, 5.41) is 9.90. The lowest BCUT2D eigenvalue weighted by Gasteiger charge is -2.11. The predicted octanol–water partition coefficient (Wildman–Crippen LogP) is 3.14. The first-order valence-electron chi connectivity index (χ1n) is 5.24. The molecule has 0 saturated carbocycles. The molecule has 4 heteroatoms. The van der Waals surface area contributed by atoms with Crippen LogP contribution in [0.4, 0.5) is 8.78 Å². The molecule has 0 amide bonds. The van der Waals surface area contributed by atoms with E-state index in [4.69, 9.17) is 4.42 Å². The number of aryl methyl sites for hydroxylation is 1. The van der Waals surface area contributed by atoms with Crippen molar-refractivity contribution < 1.29 is 18.3 Å². The van der Waals surface area contributed by atoms with E-state index in [0.29, 0.717) is 11.3 Å². The van der Waals surface area contributed by atoms with Crippen LogP contribution in [0.15, 0.2) is 34.9 Å². The third kappa shape index (κ3) is 2.36. The summed E-state index contributed by atoms with van der Waals surface area (Å²) < 4.78 is 31.8. The molecule has 1 N–H and O–H groups in total. The van der Waals surface area contributed by atoms with E-state index >= 15 is 0 Å². The summed E-state index contributed by atoms with van der Waals surface area (Å²) in [7, 11) is 0. The number of rotatable bonds is 3. The van der Waals surface area contributed by atoms with Gasteiger partial charge in [0.15, 0.2) is 0 Å². The summed E-state index contributed by atoms with van der Waals surface area (Å²) in [5.74, 6) is -0.746. The molecule has 17 heavy (non-hydrogen) atoms. The van der Waals surface area contributed by atoms with Crippen LogP contribution in [0.1, 0.15) is 23.0 Å². The Morgan fingerprint density at radius 1 is 1.24 bits per heavy atom. The molecule has 0 fully saturated rings. The Morgan fingerprint density at radius 3 is 2.41 bits per heavy atom. The molecule has 0 radical (unpaired) electrons. The lowest BCUT2D eigenvalue weighted by atomic mass is 10.0. The van der Waals surface area contributed by atoms with Crippen LogP contribution in [0.2, 0.25) is 0 Å². The molecule has 0 aliphatic carbocycles. The third-order valence-electron chi connectivity index (χ3n) is 2.72. The lowest BCUT2D eigenvalue weighted by molar-refractivity contribution is 0.173.